The minimum Gasteiger partial charge on any atom is -0.444 e. The largest absolute Gasteiger partial charge is 0.444 e. The quantitative estimate of drug-likeness (QED) is 0.621. The Bertz CT molecular complexity index is 203. The molecule has 1 rings (SSSR count). The fraction of sp³-hybridized carbons (Fsp3) is 0.889. The van der Waals surface area contributed by atoms with Gasteiger partial charge in [-0.05, 0) is 27.2 Å². The van der Waals surface area contributed by atoms with Gasteiger partial charge < -0.3 is 15.4 Å². The molecular weight excluding hydrogens is 168 g/mol. The van der Waals surface area contributed by atoms with Crippen LogP contribution in [0.2, 0.25) is 0 Å². The summed E-state index contributed by atoms with van der Waals surface area (Å²) in [4.78, 5) is 13.1. The lowest BCUT2D eigenvalue weighted by atomic mass is 10.2. The zero-order chi connectivity index (χ0) is 10.1. The molecule has 1 amide bonds. The van der Waals surface area contributed by atoms with E-state index in [-0.39, 0.29) is 13.6 Å². The van der Waals surface area contributed by atoms with Crippen LogP contribution in [0.1, 0.15) is 28.6 Å². The predicted octanol–water partition coefficient (Wildman–Crippen LogP) is 1.20. The molecule has 0 spiro atoms. The average Bonchev–Trinajstić information content (AvgIpc) is 2.31. The molecule has 0 aromatic rings. The molecule has 0 saturated carbocycles. The van der Waals surface area contributed by atoms with Crippen molar-refractivity contribution in [2.24, 2.45) is 5.73 Å². The van der Waals surface area contributed by atoms with Crippen LogP contribution in [0.5, 0.6) is 0 Å². The van der Waals surface area contributed by atoms with Crippen LogP contribution < -0.4 is 5.73 Å². The Labute approximate surface area is 80.5 Å². The van der Waals surface area contributed by atoms with E-state index in [0.717, 1.165) is 13.0 Å². The summed E-state index contributed by atoms with van der Waals surface area (Å²) in [5.41, 5.74) is 5.26. The van der Waals surface area contributed by atoms with Gasteiger partial charge in [0.15, 0.2) is 0 Å². The number of carbonyl (C=O) groups excluding carboxylic acids is 1. The Balaban J connectivity index is 0.00000169. The first kappa shape index (κ1) is 10.3. The minimum absolute atomic E-state index is 0. The summed E-state index contributed by atoms with van der Waals surface area (Å²) in [6.45, 7) is 6.92. The smallest absolute Gasteiger partial charge is 0.410 e. The number of hydrogen-bond donors (Lipinski definition) is 1. The van der Waals surface area contributed by atoms with Crippen molar-refractivity contribution in [3.05, 3.63) is 0 Å². The summed E-state index contributed by atoms with van der Waals surface area (Å²) >= 11 is 0. The number of hydrogen-bond acceptors (Lipinski definition) is 3. The molecule has 0 aliphatic carbocycles. The molecule has 13 heavy (non-hydrogen) atoms. The molecular formula is C9H20N2O2. The molecule has 1 heterocycles. The van der Waals surface area contributed by atoms with Crippen LogP contribution in [0.3, 0.4) is 0 Å². The Morgan fingerprint density at radius 1 is 1.62 bits per heavy atom. The molecule has 0 bridgehead atoms. The standard InChI is InChI=1S/C9H18N2O2.H2/c1-9(2,3)13-8(12)11-5-4-7(10)6-11;/h7H,4-6,10H2,1-3H3;1H. The maximum atomic E-state index is 11.5. The van der Waals surface area contributed by atoms with Crippen molar-refractivity contribution in [3.8, 4) is 0 Å². The molecule has 1 aliphatic heterocycles. The normalized spacial score (nSPS) is 23.4. The van der Waals surface area contributed by atoms with E-state index >= 15 is 0 Å². The second-order valence-corrected chi connectivity index (χ2v) is 4.48. The van der Waals surface area contributed by atoms with Gasteiger partial charge in [-0.1, -0.05) is 0 Å². The Kier molecular flexibility index (Phi) is 2.81. The molecule has 78 valence electrons. The maximum Gasteiger partial charge on any atom is 0.410 e. The Morgan fingerprint density at radius 2 is 2.23 bits per heavy atom. The fourth-order valence-corrected chi connectivity index (χ4v) is 1.28. The number of nitrogens with two attached hydrogens (primary N) is 1. The van der Waals surface area contributed by atoms with Gasteiger partial charge in [-0.2, -0.15) is 0 Å². The van der Waals surface area contributed by atoms with E-state index in [4.69, 9.17) is 10.5 Å². The van der Waals surface area contributed by atoms with Gasteiger partial charge in [-0.3, -0.25) is 0 Å². The second-order valence-electron chi connectivity index (χ2n) is 4.48. The summed E-state index contributed by atoms with van der Waals surface area (Å²) < 4.78 is 5.20. The Morgan fingerprint density at radius 3 is 2.62 bits per heavy atom. The number of amides is 1. The van der Waals surface area contributed by atoms with Crippen LogP contribution in [-0.2, 0) is 4.74 Å². The zero-order valence-electron chi connectivity index (χ0n) is 8.54. The van der Waals surface area contributed by atoms with Crippen molar-refractivity contribution < 1.29 is 11.0 Å². The van der Waals surface area contributed by atoms with Gasteiger partial charge in [0.25, 0.3) is 0 Å². The molecule has 4 heteroatoms. The van der Waals surface area contributed by atoms with Crippen LogP contribution in [0.4, 0.5) is 4.79 Å². The number of likely N-dealkylation sites (tertiary alicyclic amines) is 1. The summed E-state index contributed by atoms with van der Waals surface area (Å²) in [6.07, 6.45) is 0.625. The summed E-state index contributed by atoms with van der Waals surface area (Å²) in [5.74, 6) is 0. The lowest BCUT2D eigenvalue weighted by Crippen LogP contribution is -2.36. The highest BCUT2D eigenvalue weighted by atomic mass is 16.6. The van der Waals surface area contributed by atoms with Gasteiger partial charge in [0, 0.05) is 20.6 Å². The fourth-order valence-electron chi connectivity index (χ4n) is 1.28. The van der Waals surface area contributed by atoms with Crippen molar-refractivity contribution in [1.29, 1.82) is 0 Å². The van der Waals surface area contributed by atoms with E-state index in [1.807, 2.05) is 20.8 Å². The van der Waals surface area contributed by atoms with Crippen LogP contribution >= 0.6 is 0 Å². The molecule has 1 fully saturated rings. The third kappa shape index (κ3) is 3.22. The molecule has 1 atom stereocenters. The molecule has 1 aliphatic rings. The zero-order valence-corrected chi connectivity index (χ0v) is 8.54. The number of rotatable bonds is 0. The van der Waals surface area contributed by atoms with Gasteiger partial charge in [0.05, 0.1) is 0 Å². The van der Waals surface area contributed by atoms with Crippen molar-refractivity contribution in [3.63, 3.8) is 0 Å². The predicted molar refractivity (Wildman–Crippen MR) is 52.5 cm³/mol. The van der Waals surface area contributed by atoms with Gasteiger partial charge in [0.2, 0.25) is 0 Å². The van der Waals surface area contributed by atoms with Crippen LogP contribution in [-0.4, -0.2) is 35.7 Å². The van der Waals surface area contributed by atoms with E-state index in [0.29, 0.717) is 6.54 Å². The number of carbonyl (C=O) groups is 1. The highest BCUT2D eigenvalue weighted by Gasteiger charge is 2.27. The first-order valence-corrected chi connectivity index (χ1v) is 4.62. The maximum absolute atomic E-state index is 11.5. The third-order valence-electron chi connectivity index (χ3n) is 1.88. The van der Waals surface area contributed by atoms with Gasteiger partial charge >= 0.3 is 6.09 Å². The van der Waals surface area contributed by atoms with E-state index in [1.54, 1.807) is 4.90 Å². The lowest BCUT2D eigenvalue weighted by molar-refractivity contribution is 0.0293. The van der Waals surface area contributed by atoms with Gasteiger partial charge in [-0.15, -0.1) is 0 Å². The average molecular weight is 188 g/mol. The van der Waals surface area contributed by atoms with Crippen molar-refractivity contribution in [1.82, 2.24) is 4.90 Å². The first-order valence-electron chi connectivity index (χ1n) is 4.62. The molecule has 0 aromatic carbocycles. The van der Waals surface area contributed by atoms with E-state index in [9.17, 15) is 4.79 Å². The van der Waals surface area contributed by atoms with Crippen LogP contribution in [0.25, 0.3) is 0 Å². The monoisotopic (exact) mass is 188 g/mol. The number of nitrogens with zero attached hydrogens (tertiary/aromatic N) is 1. The van der Waals surface area contributed by atoms with E-state index in [1.165, 1.54) is 0 Å². The molecule has 2 N–H and O–H groups in total. The first-order chi connectivity index (χ1) is 5.88. The molecule has 0 radical (unpaired) electrons. The molecule has 1 unspecified atom stereocenters. The van der Waals surface area contributed by atoms with E-state index < -0.39 is 5.60 Å². The van der Waals surface area contributed by atoms with Crippen molar-refractivity contribution in [2.75, 3.05) is 13.1 Å². The third-order valence-corrected chi connectivity index (χ3v) is 1.88. The van der Waals surface area contributed by atoms with Crippen molar-refractivity contribution >= 4 is 6.09 Å². The highest BCUT2D eigenvalue weighted by molar-refractivity contribution is 5.68. The van der Waals surface area contributed by atoms with Gasteiger partial charge in [-0.25, -0.2) is 4.79 Å². The highest BCUT2D eigenvalue weighted by Crippen LogP contribution is 2.13. The molecule has 0 aromatic heterocycles. The SMILES string of the molecule is CC(C)(C)OC(=O)N1CCC(N)C1.[HH]. The lowest BCUT2D eigenvalue weighted by Gasteiger charge is -2.24. The topological polar surface area (TPSA) is 55.6 Å². The summed E-state index contributed by atoms with van der Waals surface area (Å²) in [7, 11) is 0. The van der Waals surface area contributed by atoms with Crippen LogP contribution in [0.15, 0.2) is 0 Å². The van der Waals surface area contributed by atoms with Crippen LogP contribution in [0, 0.1) is 0 Å². The van der Waals surface area contributed by atoms with Gasteiger partial charge in [0.1, 0.15) is 5.60 Å². The van der Waals surface area contributed by atoms with Crippen molar-refractivity contribution in [2.45, 2.75) is 38.8 Å². The summed E-state index contributed by atoms with van der Waals surface area (Å²) in [5, 5.41) is 0. The minimum atomic E-state index is -0.413. The summed E-state index contributed by atoms with van der Waals surface area (Å²) in [6, 6.07) is 0.118. The number of ether oxygens (including phenoxy) is 1. The molecule has 4 nitrogen and oxygen atoms in total. The van der Waals surface area contributed by atoms with E-state index in [2.05, 4.69) is 0 Å². The molecule has 1 saturated heterocycles. The Hall–Kier alpha value is -0.770. The second kappa shape index (κ2) is 3.54.